The number of halogens is 3. The summed E-state index contributed by atoms with van der Waals surface area (Å²) in [5, 5.41) is 3.93. The summed E-state index contributed by atoms with van der Waals surface area (Å²) in [4.78, 5) is 17.6. The molecule has 0 aromatic heterocycles. The van der Waals surface area contributed by atoms with E-state index in [0.29, 0.717) is 12.1 Å². The zero-order valence-corrected chi connectivity index (χ0v) is 13.8. The molecule has 0 saturated heterocycles. The Bertz CT molecular complexity index is 787. The first-order valence-electron chi connectivity index (χ1n) is 8.02. The summed E-state index contributed by atoms with van der Waals surface area (Å²) in [6.45, 7) is 0.694. The lowest BCUT2D eigenvalue weighted by atomic mass is 10.0. The second-order valence-electron chi connectivity index (χ2n) is 5.78. The first-order valence-corrected chi connectivity index (χ1v) is 8.02. The number of alkyl halides is 3. The predicted molar refractivity (Wildman–Crippen MR) is 90.8 cm³/mol. The number of nitrogens with one attached hydrogen (secondary N) is 1. The van der Waals surface area contributed by atoms with Crippen molar-refractivity contribution < 1.29 is 22.8 Å². The van der Waals surface area contributed by atoms with Crippen LogP contribution < -0.4 is 5.32 Å². The van der Waals surface area contributed by atoms with Crippen molar-refractivity contribution in [2.45, 2.75) is 12.7 Å². The highest BCUT2D eigenvalue weighted by atomic mass is 19.4. The Labute approximate surface area is 148 Å². The highest BCUT2D eigenvalue weighted by molar-refractivity contribution is 5.77. The Balaban J connectivity index is 1.61. The van der Waals surface area contributed by atoms with Gasteiger partial charge in [0.1, 0.15) is 0 Å². The Hall–Kier alpha value is -2.80. The molecule has 1 aliphatic rings. The molecule has 2 amide bonds. The molecule has 136 valence electrons. The van der Waals surface area contributed by atoms with Gasteiger partial charge in [-0.15, -0.1) is 0 Å². The Morgan fingerprint density at radius 2 is 1.77 bits per heavy atom. The van der Waals surface area contributed by atoms with Gasteiger partial charge in [0.15, 0.2) is 0 Å². The lowest BCUT2D eigenvalue weighted by molar-refractivity contribution is -0.137. The average Bonchev–Trinajstić information content (AvgIpc) is 2.66. The van der Waals surface area contributed by atoms with Crippen LogP contribution in [0.15, 0.2) is 60.7 Å². The monoisotopic (exact) mass is 362 g/mol. The minimum absolute atomic E-state index is 0.159. The van der Waals surface area contributed by atoms with Gasteiger partial charge in [-0.1, -0.05) is 48.5 Å². The molecule has 1 N–H and O–H groups in total. The molecule has 0 saturated carbocycles. The summed E-state index contributed by atoms with van der Waals surface area (Å²) >= 11 is 0. The fourth-order valence-electron chi connectivity index (χ4n) is 2.57. The van der Waals surface area contributed by atoms with E-state index >= 15 is 0 Å². The van der Waals surface area contributed by atoms with Crippen molar-refractivity contribution in [1.82, 2.24) is 10.4 Å². The van der Waals surface area contributed by atoms with E-state index in [4.69, 9.17) is 4.84 Å². The van der Waals surface area contributed by atoms with Gasteiger partial charge in [-0.05, 0) is 28.8 Å². The first-order chi connectivity index (χ1) is 12.4. The minimum Gasteiger partial charge on any atom is -0.332 e. The van der Waals surface area contributed by atoms with Crippen LogP contribution in [0.2, 0.25) is 0 Å². The van der Waals surface area contributed by atoms with Gasteiger partial charge in [-0.25, -0.2) is 4.79 Å². The van der Waals surface area contributed by atoms with E-state index in [9.17, 15) is 18.0 Å². The van der Waals surface area contributed by atoms with Crippen LogP contribution in [0.4, 0.5) is 18.0 Å². The van der Waals surface area contributed by atoms with Crippen LogP contribution in [0.25, 0.3) is 5.57 Å². The summed E-state index contributed by atoms with van der Waals surface area (Å²) in [5.41, 5.74) is 1.62. The number of rotatable bonds is 3. The summed E-state index contributed by atoms with van der Waals surface area (Å²) in [7, 11) is 0. The summed E-state index contributed by atoms with van der Waals surface area (Å²) in [5.74, 6) is 0. The molecular formula is C19H17F3N2O2. The minimum atomic E-state index is -4.37. The molecule has 0 aliphatic carbocycles. The third-order valence-corrected chi connectivity index (χ3v) is 3.97. The molecule has 1 heterocycles. The van der Waals surface area contributed by atoms with Gasteiger partial charge >= 0.3 is 12.2 Å². The molecule has 0 spiro atoms. The molecule has 4 nitrogen and oxygen atoms in total. The maximum absolute atomic E-state index is 12.7. The van der Waals surface area contributed by atoms with Crippen LogP contribution in [-0.4, -0.2) is 24.2 Å². The van der Waals surface area contributed by atoms with E-state index < -0.39 is 17.8 Å². The number of amides is 2. The van der Waals surface area contributed by atoms with E-state index in [2.05, 4.69) is 5.32 Å². The predicted octanol–water partition coefficient (Wildman–Crippen LogP) is 4.25. The van der Waals surface area contributed by atoms with Crippen LogP contribution in [0, 0.1) is 0 Å². The zero-order valence-electron chi connectivity index (χ0n) is 13.8. The lowest BCUT2D eigenvalue weighted by Gasteiger charge is -2.27. The topological polar surface area (TPSA) is 41.6 Å². The van der Waals surface area contributed by atoms with Gasteiger partial charge in [0.05, 0.1) is 18.7 Å². The van der Waals surface area contributed by atoms with Gasteiger partial charge < -0.3 is 5.32 Å². The summed E-state index contributed by atoms with van der Waals surface area (Å²) in [6, 6.07) is 13.9. The second-order valence-corrected chi connectivity index (χ2v) is 5.78. The second kappa shape index (κ2) is 7.61. The van der Waals surface area contributed by atoms with Crippen molar-refractivity contribution in [3.63, 3.8) is 0 Å². The molecule has 0 atom stereocenters. The van der Waals surface area contributed by atoms with E-state index in [1.54, 1.807) is 6.08 Å². The van der Waals surface area contributed by atoms with Gasteiger partial charge in [0.2, 0.25) is 0 Å². The number of carbonyl (C=O) groups excluding carboxylic acids is 1. The Morgan fingerprint density at radius 3 is 2.42 bits per heavy atom. The highest BCUT2D eigenvalue weighted by Crippen LogP contribution is 2.30. The zero-order chi connectivity index (χ0) is 18.6. The van der Waals surface area contributed by atoms with Gasteiger partial charge in [0.25, 0.3) is 0 Å². The molecule has 26 heavy (non-hydrogen) atoms. The number of hydrogen-bond donors (Lipinski definition) is 1. The van der Waals surface area contributed by atoms with E-state index in [0.717, 1.165) is 23.3 Å². The van der Waals surface area contributed by atoms with Crippen molar-refractivity contribution in [3.8, 4) is 0 Å². The lowest BCUT2D eigenvalue weighted by Crippen LogP contribution is -2.42. The van der Waals surface area contributed by atoms with Crippen molar-refractivity contribution in [2.24, 2.45) is 0 Å². The van der Waals surface area contributed by atoms with Crippen molar-refractivity contribution >= 4 is 11.6 Å². The number of carbonyl (C=O) groups is 1. The molecule has 2 aromatic carbocycles. The normalized spacial score (nSPS) is 14.7. The van der Waals surface area contributed by atoms with Crippen LogP contribution >= 0.6 is 0 Å². The summed E-state index contributed by atoms with van der Waals surface area (Å²) in [6.07, 6.45) is -2.62. The largest absolute Gasteiger partial charge is 0.416 e. The van der Waals surface area contributed by atoms with Gasteiger partial charge in [-0.3, -0.25) is 4.84 Å². The third kappa shape index (κ3) is 4.43. The van der Waals surface area contributed by atoms with E-state index in [1.807, 2.05) is 30.3 Å². The number of nitrogens with zero attached hydrogens (tertiary/aromatic N) is 1. The van der Waals surface area contributed by atoms with Crippen molar-refractivity contribution in [1.29, 1.82) is 0 Å². The van der Waals surface area contributed by atoms with Crippen LogP contribution in [0.1, 0.15) is 16.7 Å². The molecule has 7 heteroatoms. The maximum atomic E-state index is 12.7. The number of hydrogen-bond acceptors (Lipinski definition) is 2. The molecule has 1 aliphatic heterocycles. The van der Waals surface area contributed by atoms with Crippen molar-refractivity contribution in [2.75, 3.05) is 13.2 Å². The first kappa shape index (κ1) is 18.0. The number of benzene rings is 2. The average molecular weight is 362 g/mol. The molecule has 0 bridgehead atoms. The van der Waals surface area contributed by atoms with Crippen LogP contribution in [0.3, 0.4) is 0 Å². The van der Waals surface area contributed by atoms with Crippen LogP contribution in [-0.2, 0) is 17.6 Å². The molecule has 3 rings (SSSR count). The fourth-order valence-corrected chi connectivity index (χ4v) is 2.57. The quantitative estimate of drug-likeness (QED) is 0.887. The van der Waals surface area contributed by atoms with Crippen molar-refractivity contribution in [3.05, 3.63) is 77.4 Å². The van der Waals surface area contributed by atoms with E-state index in [-0.39, 0.29) is 13.2 Å². The standard InChI is InChI=1S/C19H17F3N2O2/c20-19(21,22)17-8-6-15(7-9-17)16-10-11-26-24(13-16)18(25)23-12-14-4-2-1-3-5-14/h1-10H,11-13H2,(H,23,25). The maximum Gasteiger partial charge on any atom is 0.416 e. The van der Waals surface area contributed by atoms with E-state index in [1.165, 1.54) is 17.2 Å². The molecular weight excluding hydrogens is 345 g/mol. The number of hydroxylamine groups is 2. The highest BCUT2D eigenvalue weighted by Gasteiger charge is 2.30. The number of urea groups is 1. The van der Waals surface area contributed by atoms with Crippen LogP contribution in [0.5, 0.6) is 0 Å². The SMILES string of the molecule is O=C(NCc1ccccc1)N1CC(c2ccc(C(F)(F)F)cc2)=CCO1. The van der Waals surface area contributed by atoms with Gasteiger partial charge in [0, 0.05) is 6.54 Å². The Morgan fingerprint density at radius 1 is 1.08 bits per heavy atom. The third-order valence-electron chi connectivity index (χ3n) is 3.97. The molecule has 2 aromatic rings. The molecule has 0 unspecified atom stereocenters. The Kier molecular flexibility index (Phi) is 5.27. The molecule has 0 fully saturated rings. The smallest absolute Gasteiger partial charge is 0.332 e. The fraction of sp³-hybridized carbons (Fsp3) is 0.211. The van der Waals surface area contributed by atoms with Gasteiger partial charge in [-0.2, -0.15) is 18.2 Å². The summed E-state index contributed by atoms with van der Waals surface area (Å²) < 4.78 is 38.0. The molecule has 0 radical (unpaired) electrons.